The zero-order valence-corrected chi connectivity index (χ0v) is 5.86. The van der Waals surface area contributed by atoms with E-state index in [4.69, 9.17) is 0 Å². The summed E-state index contributed by atoms with van der Waals surface area (Å²) < 4.78 is 0. The summed E-state index contributed by atoms with van der Waals surface area (Å²) in [6.45, 7) is 3.22. The summed E-state index contributed by atoms with van der Waals surface area (Å²) in [7, 11) is 3.85. The molecule has 0 saturated carbocycles. The lowest BCUT2D eigenvalue weighted by Crippen LogP contribution is -2.42. The molecule has 0 unspecified atom stereocenters. The van der Waals surface area contributed by atoms with Crippen LogP contribution in [0.25, 0.3) is 0 Å². The molecule has 0 heterocycles. The number of rotatable bonds is 4. The molecule has 0 radical (unpaired) electrons. The normalized spacial score (nSPS) is 10.5. The van der Waals surface area contributed by atoms with Crippen LogP contribution in [0.5, 0.6) is 0 Å². The van der Waals surface area contributed by atoms with Crippen LogP contribution in [0, 0.1) is 0 Å². The molecule has 8 heavy (non-hydrogen) atoms. The quantitative estimate of drug-likeness (QED) is 0.506. The van der Waals surface area contributed by atoms with E-state index in [1.165, 1.54) is 6.42 Å². The summed E-state index contributed by atoms with van der Waals surface area (Å²) in [6.07, 6.45) is 1.17. The SMILES string of the molecule is CCCN(C)NNC. The van der Waals surface area contributed by atoms with Crippen molar-refractivity contribution in [3.63, 3.8) is 0 Å². The van der Waals surface area contributed by atoms with Gasteiger partial charge in [-0.3, -0.25) is 0 Å². The zero-order chi connectivity index (χ0) is 6.41. The predicted molar refractivity (Wildman–Crippen MR) is 35.1 cm³/mol. The Morgan fingerprint density at radius 1 is 1.50 bits per heavy atom. The molecule has 0 bridgehead atoms. The van der Waals surface area contributed by atoms with E-state index in [-0.39, 0.29) is 0 Å². The summed E-state index contributed by atoms with van der Waals surface area (Å²) >= 11 is 0. The average molecular weight is 117 g/mol. The van der Waals surface area contributed by atoms with E-state index in [2.05, 4.69) is 17.9 Å². The molecule has 50 valence electrons. The van der Waals surface area contributed by atoms with E-state index < -0.39 is 0 Å². The molecule has 0 fully saturated rings. The monoisotopic (exact) mass is 117 g/mol. The van der Waals surface area contributed by atoms with E-state index in [1.54, 1.807) is 0 Å². The highest BCUT2D eigenvalue weighted by Gasteiger charge is 1.88. The van der Waals surface area contributed by atoms with Gasteiger partial charge >= 0.3 is 0 Å². The van der Waals surface area contributed by atoms with E-state index >= 15 is 0 Å². The number of hydrogen-bond acceptors (Lipinski definition) is 3. The third kappa shape index (κ3) is 4.05. The average Bonchev–Trinajstić information content (AvgIpc) is 1.68. The lowest BCUT2D eigenvalue weighted by molar-refractivity contribution is 0.203. The summed E-state index contributed by atoms with van der Waals surface area (Å²) in [5.74, 6) is 0. The molecule has 0 aliphatic rings. The van der Waals surface area contributed by atoms with Crippen molar-refractivity contribution in [2.75, 3.05) is 20.6 Å². The van der Waals surface area contributed by atoms with Crippen LogP contribution in [0.2, 0.25) is 0 Å². The van der Waals surface area contributed by atoms with Gasteiger partial charge < -0.3 is 0 Å². The van der Waals surface area contributed by atoms with Crippen LogP contribution in [0.4, 0.5) is 0 Å². The summed E-state index contributed by atoms with van der Waals surface area (Å²) in [4.78, 5) is 0. The second-order valence-electron chi connectivity index (χ2n) is 1.78. The highest BCUT2D eigenvalue weighted by molar-refractivity contribution is 4.35. The maximum absolute atomic E-state index is 2.93. The van der Waals surface area contributed by atoms with Crippen molar-refractivity contribution in [3.8, 4) is 0 Å². The summed E-state index contributed by atoms with van der Waals surface area (Å²) in [6, 6.07) is 0. The Bertz CT molecular complexity index is 40.9. The van der Waals surface area contributed by atoms with E-state index in [1.807, 2.05) is 19.1 Å². The Kier molecular flexibility index (Phi) is 4.95. The second-order valence-corrected chi connectivity index (χ2v) is 1.78. The third-order valence-electron chi connectivity index (χ3n) is 0.862. The number of hydrazine groups is 2. The minimum atomic E-state index is 1.07. The van der Waals surface area contributed by atoms with Crippen LogP contribution in [-0.2, 0) is 0 Å². The fraction of sp³-hybridized carbons (Fsp3) is 1.00. The van der Waals surface area contributed by atoms with Gasteiger partial charge in [0, 0.05) is 13.6 Å². The topological polar surface area (TPSA) is 27.3 Å². The van der Waals surface area contributed by atoms with Gasteiger partial charge in [-0.1, -0.05) is 6.92 Å². The highest BCUT2D eigenvalue weighted by Crippen LogP contribution is 1.76. The van der Waals surface area contributed by atoms with Crippen LogP contribution in [0.1, 0.15) is 13.3 Å². The number of nitrogens with one attached hydrogen (secondary N) is 2. The molecule has 3 nitrogen and oxygen atoms in total. The van der Waals surface area contributed by atoms with Crippen molar-refractivity contribution in [3.05, 3.63) is 0 Å². The molecule has 0 aromatic rings. The molecule has 2 N–H and O–H groups in total. The second kappa shape index (κ2) is 5.03. The maximum Gasteiger partial charge on any atom is 0.0138 e. The fourth-order valence-electron chi connectivity index (χ4n) is 0.582. The van der Waals surface area contributed by atoms with Gasteiger partial charge in [-0.05, 0) is 13.5 Å². The van der Waals surface area contributed by atoms with Gasteiger partial charge in [0.05, 0.1) is 0 Å². The fourth-order valence-corrected chi connectivity index (χ4v) is 0.582. The standard InChI is InChI=1S/C5H15N3/c1-4-5-8(3)7-6-2/h6-7H,4-5H2,1-3H3. The van der Waals surface area contributed by atoms with Crippen molar-refractivity contribution in [2.45, 2.75) is 13.3 Å². The molecule has 0 spiro atoms. The zero-order valence-electron chi connectivity index (χ0n) is 5.86. The van der Waals surface area contributed by atoms with Crippen LogP contribution in [-0.4, -0.2) is 25.6 Å². The van der Waals surface area contributed by atoms with Gasteiger partial charge in [-0.25, -0.2) is 10.4 Å². The summed E-state index contributed by atoms with van der Waals surface area (Å²) in [5, 5.41) is 2.00. The number of nitrogens with zero attached hydrogens (tertiary/aromatic N) is 1. The first-order valence-corrected chi connectivity index (χ1v) is 2.94. The predicted octanol–water partition coefficient (Wildman–Crippen LogP) is -0.0328. The number of hydrogen-bond donors (Lipinski definition) is 2. The molecule has 0 aromatic heterocycles. The third-order valence-corrected chi connectivity index (χ3v) is 0.862. The summed E-state index contributed by atoms with van der Waals surface area (Å²) in [5.41, 5.74) is 5.76. The largest absolute Gasteiger partial charge is 0.247 e. The molecular formula is C5H15N3. The van der Waals surface area contributed by atoms with E-state index in [9.17, 15) is 0 Å². The maximum atomic E-state index is 2.93. The van der Waals surface area contributed by atoms with Crippen LogP contribution < -0.4 is 11.0 Å². The first kappa shape index (κ1) is 7.88. The van der Waals surface area contributed by atoms with Gasteiger partial charge in [0.1, 0.15) is 0 Å². The van der Waals surface area contributed by atoms with Crippen molar-refractivity contribution >= 4 is 0 Å². The Morgan fingerprint density at radius 2 is 2.12 bits per heavy atom. The Morgan fingerprint density at radius 3 is 2.50 bits per heavy atom. The molecule has 0 aliphatic carbocycles. The lowest BCUT2D eigenvalue weighted by atomic mass is 10.5. The first-order valence-electron chi connectivity index (χ1n) is 2.94. The minimum Gasteiger partial charge on any atom is -0.247 e. The van der Waals surface area contributed by atoms with Crippen molar-refractivity contribution in [1.29, 1.82) is 0 Å². The van der Waals surface area contributed by atoms with Gasteiger partial charge in [0.15, 0.2) is 0 Å². The van der Waals surface area contributed by atoms with E-state index in [0.717, 1.165) is 6.54 Å². The minimum absolute atomic E-state index is 1.07. The molecule has 0 rings (SSSR count). The van der Waals surface area contributed by atoms with Crippen molar-refractivity contribution in [2.24, 2.45) is 0 Å². The van der Waals surface area contributed by atoms with Crippen molar-refractivity contribution in [1.82, 2.24) is 16.0 Å². The van der Waals surface area contributed by atoms with Gasteiger partial charge in [-0.2, -0.15) is 5.53 Å². The van der Waals surface area contributed by atoms with Gasteiger partial charge in [-0.15, -0.1) is 0 Å². The first-order chi connectivity index (χ1) is 3.81. The van der Waals surface area contributed by atoms with Gasteiger partial charge in [0.25, 0.3) is 0 Å². The van der Waals surface area contributed by atoms with Crippen LogP contribution in [0.3, 0.4) is 0 Å². The molecule has 3 heteroatoms. The molecule has 0 atom stereocenters. The smallest absolute Gasteiger partial charge is 0.0138 e. The lowest BCUT2D eigenvalue weighted by Gasteiger charge is -2.14. The molecular weight excluding hydrogens is 102 g/mol. The van der Waals surface area contributed by atoms with E-state index in [0.29, 0.717) is 0 Å². The molecule has 0 saturated heterocycles. The Hall–Kier alpha value is -0.120. The molecule has 0 amide bonds. The highest BCUT2D eigenvalue weighted by atomic mass is 15.7. The van der Waals surface area contributed by atoms with Gasteiger partial charge in [0.2, 0.25) is 0 Å². The molecule has 0 aliphatic heterocycles. The van der Waals surface area contributed by atoms with Crippen LogP contribution >= 0.6 is 0 Å². The van der Waals surface area contributed by atoms with Crippen molar-refractivity contribution < 1.29 is 0 Å². The van der Waals surface area contributed by atoms with Crippen LogP contribution in [0.15, 0.2) is 0 Å². The Labute approximate surface area is 51.0 Å². The Balaban J connectivity index is 2.92. The molecule has 0 aromatic carbocycles.